The number of ether oxygens (including phenoxy) is 2. The van der Waals surface area contributed by atoms with Gasteiger partial charge in [0.15, 0.2) is 0 Å². The SMILES string of the molecule is CC(C)(C)Oc1ccc(F)cc1C1CCOC1. The molecule has 1 heterocycles. The van der Waals surface area contributed by atoms with Gasteiger partial charge < -0.3 is 9.47 Å². The van der Waals surface area contributed by atoms with Gasteiger partial charge in [-0.05, 0) is 45.4 Å². The van der Waals surface area contributed by atoms with Crippen LogP contribution in [0.5, 0.6) is 5.75 Å². The van der Waals surface area contributed by atoms with E-state index in [1.807, 2.05) is 20.8 Å². The van der Waals surface area contributed by atoms with Gasteiger partial charge in [-0.15, -0.1) is 0 Å². The number of benzene rings is 1. The van der Waals surface area contributed by atoms with Crippen LogP contribution in [0.4, 0.5) is 4.39 Å². The molecule has 0 bridgehead atoms. The van der Waals surface area contributed by atoms with Crippen molar-refractivity contribution in [3.05, 3.63) is 29.6 Å². The Labute approximate surface area is 102 Å². The number of hydrogen-bond acceptors (Lipinski definition) is 2. The van der Waals surface area contributed by atoms with Gasteiger partial charge in [-0.1, -0.05) is 0 Å². The molecule has 0 spiro atoms. The molecule has 0 aromatic heterocycles. The van der Waals surface area contributed by atoms with E-state index in [1.165, 1.54) is 6.07 Å². The summed E-state index contributed by atoms with van der Waals surface area (Å²) in [5, 5.41) is 0. The molecule has 1 aliphatic heterocycles. The lowest BCUT2D eigenvalue weighted by Crippen LogP contribution is -2.24. The first-order valence-corrected chi connectivity index (χ1v) is 6.02. The van der Waals surface area contributed by atoms with Gasteiger partial charge in [-0.3, -0.25) is 0 Å². The first-order valence-electron chi connectivity index (χ1n) is 6.02. The molecular formula is C14H19FO2. The number of rotatable bonds is 2. The Bertz CT molecular complexity index is 390. The van der Waals surface area contributed by atoms with Crippen molar-refractivity contribution >= 4 is 0 Å². The second kappa shape index (κ2) is 4.65. The standard InChI is InChI=1S/C14H19FO2/c1-14(2,3)17-13-5-4-11(15)8-12(13)10-6-7-16-9-10/h4-5,8,10H,6-7,9H2,1-3H3. The lowest BCUT2D eigenvalue weighted by Gasteiger charge is -2.24. The van der Waals surface area contributed by atoms with Crippen LogP contribution >= 0.6 is 0 Å². The van der Waals surface area contributed by atoms with Gasteiger partial charge in [0.05, 0.1) is 6.61 Å². The van der Waals surface area contributed by atoms with Crippen LogP contribution in [0.1, 0.15) is 38.7 Å². The highest BCUT2D eigenvalue weighted by atomic mass is 19.1. The van der Waals surface area contributed by atoms with Gasteiger partial charge in [0, 0.05) is 18.1 Å². The first-order chi connectivity index (χ1) is 7.96. The van der Waals surface area contributed by atoms with E-state index in [2.05, 4.69) is 0 Å². The highest BCUT2D eigenvalue weighted by Crippen LogP contribution is 2.34. The lowest BCUT2D eigenvalue weighted by atomic mass is 9.97. The topological polar surface area (TPSA) is 18.5 Å². The minimum absolute atomic E-state index is 0.215. The molecule has 1 aliphatic rings. The molecule has 17 heavy (non-hydrogen) atoms. The van der Waals surface area contributed by atoms with Gasteiger partial charge in [0.25, 0.3) is 0 Å². The zero-order chi connectivity index (χ0) is 12.5. The Kier molecular flexibility index (Phi) is 3.38. The molecule has 3 heteroatoms. The Morgan fingerprint density at radius 3 is 2.71 bits per heavy atom. The minimum Gasteiger partial charge on any atom is -0.488 e. The summed E-state index contributed by atoms with van der Waals surface area (Å²) in [5.41, 5.74) is 0.656. The fraction of sp³-hybridized carbons (Fsp3) is 0.571. The van der Waals surface area contributed by atoms with E-state index < -0.39 is 0 Å². The van der Waals surface area contributed by atoms with E-state index in [0.717, 1.165) is 24.3 Å². The molecule has 1 aromatic carbocycles. The van der Waals surface area contributed by atoms with Crippen molar-refractivity contribution in [3.8, 4) is 5.75 Å². The summed E-state index contributed by atoms with van der Waals surface area (Å²) < 4.78 is 24.6. The molecular weight excluding hydrogens is 219 g/mol. The van der Waals surface area contributed by atoms with E-state index in [1.54, 1.807) is 12.1 Å². The number of hydrogen-bond donors (Lipinski definition) is 0. The maximum atomic E-state index is 13.3. The molecule has 1 atom stereocenters. The summed E-state index contributed by atoms with van der Waals surface area (Å²) in [4.78, 5) is 0. The van der Waals surface area contributed by atoms with Crippen molar-refractivity contribution in [2.24, 2.45) is 0 Å². The van der Waals surface area contributed by atoms with Crippen LogP contribution in [0.3, 0.4) is 0 Å². The van der Waals surface area contributed by atoms with Gasteiger partial charge in [-0.2, -0.15) is 0 Å². The van der Waals surface area contributed by atoms with E-state index in [-0.39, 0.29) is 17.3 Å². The largest absolute Gasteiger partial charge is 0.488 e. The molecule has 0 aliphatic carbocycles. The van der Waals surface area contributed by atoms with Crippen LogP contribution < -0.4 is 4.74 Å². The van der Waals surface area contributed by atoms with Crippen LogP contribution in [-0.2, 0) is 4.74 Å². The highest BCUT2D eigenvalue weighted by Gasteiger charge is 2.24. The maximum Gasteiger partial charge on any atom is 0.123 e. The molecule has 2 nitrogen and oxygen atoms in total. The third-order valence-electron chi connectivity index (χ3n) is 2.76. The second-order valence-corrected chi connectivity index (χ2v) is 5.46. The summed E-state index contributed by atoms with van der Waals surface area (Å²) in [5.74, 6) is 0.811. The van der Waals surface area contributed by atoms with Crippen LogP contribution in [0.15, 0.2) is 18.2 Å². The van der Waals surface area contributed by atoms with E-state index >= 15 is 0 Å². The van der Waals surface area contributed by atoms with E-state index in [9.17, 15) is 4.39 Å². The monoisotopic (exact) mass is 238 g/mol. The molecule has 1 fully saturated rings. The second-order valence-electron chi connectivity index (χ2n) is 5.46. The maximum absolute atomic E-state index is 13.3. The van der Waals surface area contributed by atoms with Crippen molar-refractivity contribution in [3.63, 3.8) is 0 Å². The Morgan fingerprint density at radius 2 is 2.12 bits per heavy atom. The van der Waals surface area contributed by atoms with Crippen molar-refractivity contribution in [1.82, 2.24) is 0 Å². The van der Waals surface area contributed by atoms with Crippen molar-refractivity contribution < 1.29 is 13.9 Å². The molecule has 1 aromatic rings. The molecule has 0 amide bonds. The van der Waals surface area contributed by atoms with Gasteiger partial charge in [-0.25, -0.2) is 4.39 Å². The summed E-state index contributed by atoms with van der Waals surface area (Å²) in [6, 6.07) is 4.73. The normalized spacial score (nSPS) is 20.6. The summed E-state index contributed by atoms with van der Waals surface area (Å²) in [6.07, 6.45) is 0.934. The average Bonchev–Trinajstić information content (AvgIpc) is 2.71. The smallest absolute Gasteiger partial charge is 0.123 e. The molecule has 1 unspecified atom stereocenters. The third-order valence-corrected chi connectivity index (χ3v) is 2.76. The van der Waals surface area contributed by atoms with Crippen molar-refractivity contribution in [1.29, 1.82) is 0 Å². The fourth-order valence-corrected chi connectivity index (χ4v) is 2.04. The minimum atomic E-state index is -0.272. The summed E-state index contributed by atoms with van der Waals surface area (Å²) in [6.45, 7) is 7.38. The predicted molar refractivity (Wildman–Crippen MR) is 65.0 cm³/mol. The quantitative estimate of drug-likeness (QED) is 0.785. The average molecular weight is 238 g/mol. The predicted octanol–water partition coefficient (Wildman–Crippen LogP) is 3.51. The summed E-state index contributed by atoms with van der Waals surface area (Å²) >= 11 is 0. The Hall–Kier alpha value is -1.09. The molecule has 0 N–H and O–H groups in total. The van der Waals surface area contributed by atoms with Crippen LogP contribution in [-0.4, -0.2) is 18.8 Å². The van der Waals surface area contributed by atoms with Crippen LogP contribution in [0.2, 0.25) is 0 Å². The van der Waals surface area contributed by atoms with Crippen LogP contribution in [0.25, 0.3) is 0 Å². The van der Waals surface area contributed by atoms with Gasteiger partial charge in [0.1, 0.15) is 17.2 Å². The third kappa shape index (κ3) is 3.19. The van der Waals surface area contributed by atoms with E-state index in [4.69, 9.17) is 9.47 Å². The van der Waals surface area contributed by atoms with E-state index in [0.29, 0.717) is 6.61 Å². The molecule has 0 radical (unpaired) electrons. The first kappa shape index (κ1) is 12.4. The zero-order valence-corrected chi connectivity index (χ0v) is 10.6. The highest BCUT2D eigenvalue weighted by molar-refractivity contribution is 5.37. The van der Waals surface area contributed by atoms with Crippen molar-refractivity contribution in [2.75, 3.05) is 13.2 Å². The van der Waals surface area contributed by atoms with Gasteiger partial charge in [0.2, 0.25) is 0 Å². The lowest BCUT2D eigenvalue weighted by molar-refractivity contribution is 0.128. The molecule has 1 saturated heterocycles. The molecule has 94 valence electrons. The Morgan fingerprint density at radius 1 is 1.35 bits per heavy atom. The van der Waals surface area contributed by atoms with Crippen LogP contribution in [0, 0.1) is 5.82 Å². The number of halogens is 1. The van der Waals surface area contributed by atoms with Crippen molar-refractivity contribution in [2.45, 2.75) is 38.7 Å². The van der Waals surface area contributed by atoms with Gasteiger partial charge >= 0.3 is 0 Å². The zero-order valence-electron chi connectivity index (χ0n) is 10.6. The fourth-order valence-electron chi connectivity index (χ4n) is 2.04. The molecule has 2 rings (SSSR count). The Balaban J connectivity index is 2.30. The molecule has 0 saturated carbocycles. The summed E-state index contributed by atoms with van der Waals surface area (Å²) in [7, 11) is 0.